The lowest BCUT2D eigenvalue weighted by Crippen LogP contribution is -2.34. The van der Waals surface area contributed by atoms with Crippen LogP contribution < -0.4 is 0 Å². The van der Waals surface area contributed by atoms with E-state index in [1.165, 1.54) is 0 Å². The normalized spacial score (nSPS) is 25.5. The van der Waals surface area contributed by atoms with Gasteiger partial charge in [-0.25, -0.2) is 4.79 Å². The third kappa shape index (κ3) is 1.88. The summed E-state index contributed by atoms with van der Waals surface area (Å²) in [6.07, 6.45) is 3.89. The minimum Gasteiger partial charge on any atom is -0.279 e. The van der Waals surface area contributed by atoms with Crippen LogP contribution in [0.3, 0.4) is 0 Å². The fraction of sp³-hybridized carbons (Fsp3) is 0.875. The number of rotatable bonds is 2. The van der Waals surface area contributed by atoms with E-state index < -0.39 is 0 Å². The lowest BCUT2D eigenvalue weighted by molar-refractivity contribution is 0.209. The van der Waals surface area contributed by atoms with E-state index in [0.29, 0.717) is 6.04 Å². The highest BCUT2D eigenvalue weighted by Gasteiger charge is 2.25. The van der Waals surface area contributed by atoms with Gasteiger partial charge >= 0.3 is 0 Å². The van der Waals surface area contributed by atoms with Gasteiger partial charge in [-0.05, 0) is 26.7 Å². The van der Waals surface area contributed by atoms with Crippen LogP contribution in [0.1, 0.15) is 26.7 Å². The van der Waals surface area contributed by atoms with Gasteiger partial charge in [0.1, 0.15) is 6.17 Å². The number of carbonyl (C=O) groups excluding carboxylic acids is 1. The van der Waals surface area contributed by atoms with Gasteiger partial charge < -0.3 is 0 Å². The Balaban J connectivity index is 2.57. The summed E-state index contributed by atoms with van der Waals surface area (Å²) in [4.78, 5) is 16.0. The Bertz CT molecular complexity index is 173. The molecule has 0 amide bonds. The summed E-state index contributed by atoms with van der Waals surface area (Å²) in [6.45, 7) is 5.31. The molecule has 0 aromatic carbocycles. The van der Waals surface area contributed by atoms with Gasteiger partial charge in [-0.1, -0.05) is 0 Å². The van der Waals surface area contributed by atoms with Crippen LogP contribution in [0, 0.1) is 0 Å². The molecule has 0 bridgehead atoms. The molecule has 1 aliphatic heterocycles. The molecule has 0 saturated carbocycles. The molecular formula is C8H14N2O. The first-order chi connectivity index (χ1) is 5.25. The molecule has 0 radical (unpaired) electrons. The predicted molar refractivity (Wildman–Crippen MR) is 43.0 cm³/mol. The van der Waals surface area contributed by atoms with E-state index in [1.54, 1.807) is 6.08 Å². The lowest BCUT2D eigenvalue weighted by Gasteiger charge is -2.23. The van der Waals surface area contributed by atoms with Crippen LogP contribution in [0.5, 0.6) is 0 Å². The standard InChI is InChI=1S/C8H14N2O/c1-7(2)10-5-3-4-8(10)9-6-11/h7-8H,3-5H2,1-2H3. The summed E-state index contributed by atoms with van der Waals surface area (Å²) >= 11 is 0. The predicted octanol–water partition coefficient (Wildman–Crippen LogP) is 1.15. The van der Waals surface area contributed by atoms with Gasteiger partial charge in [0, 0.05) is 12.6 Å². The monoisotopic (exact) mass is 154 g/mol. The van der Waals surface area contributed by atoms with E-state index >= 15 is 0 Å². The summed E-state index contributed by atoms with van der Waals surface area (Å²) in [6, 6.07) is 0.486. The zero-order valence-electron chi connectivity index (χ0n) is 7.08. The van der Waals surface area contributed by atoms with Crippen LogP contribution in [0.4, 0.5) is 0 Å². The number of isocyanates is 1. The SMILES string of the molecule is CC(C)N1CCCC1N=C=O. The Hall–Kier alpha value is -0.660. The molecule has 1 heterocycles. The first-order valence-electron chi connectivity index (χ1n) is 4.08. The molecule has 11 heavy (non-hydrogen) atoms. The molecule has 0 spiro atoms. The van der Waals surface area contributed by atoms with Crippen molar-refractivity contribution in [1.82, 2.24) is 4.90 Å². The lowest BCUT2D eigenvalue weighted by atomic mass is 10.3. The third-order valence-corrected chi connectivity index (χ3v) is 2.13. The van der Waals surface area contributed by atoms with Crippen LogP contribution in [0.15, 0.2) is 4.99 Å². The third-order valence-electron chi connectivity index (χ3n) is 2.13. The molecule has 62 valence electrons. The van der Waals surface area contributed by atoms with E-state index in [4.69, 9.17) is 0 Å². The average molecular weight is 154 g/mol. The molecule has 1 fully saturated rings. The maximum atomic E-state index is 10.0. The minimum absolute atomic E-state index is 0.104. The van der Waals surface area contributed by atoms with Crippen LogP contribution in [-0.4, -0.2) is 29.7 Å². The van der Waals surface area contributed by atoms with Gasteiger partial charge in [-0.2, -0.15) is 4.99 Å². The van der Waals surface area contributed by atoms with Crippen molar-refractivity contribution in [3.05, 3.63) is 0 Å². The van der Waals surface area contributed by atoms with Gasteiger partial charge in [-0.3, -0.25) is 4.90 Å². The summed E-state index contributed by atoms with van der Waals surface area (Å²) in [5.74, 6) is 0. The number of aliphatic imine (C=N–C) groups is 1. The van der Waals surface area contributed by atoms with Gasteiger partial charge in [0.25, 0.3) is 0 Å². The number of hydrogen-bond acceptors (Lipinski definition) is 3. The number of likely N-dealkylation sites (tertiary alicyclic amines) is 1. The topological polar surface area (TPSA) is 32.7 Å². The van der Waals surface area contributed by atoms with Crippen molar-refractivity contribution >= 4 is 6.08 Å². The quantitative estimate of drug-likeness (QED) is 0.441. The molecule has 1 unspecified atom stereocenters. The highest BCUT2D eigenvalue weighted by molar-refractivity contribution is 5.33. The Morgan fingerprint density at radius 1 is 1.64 bits per heavy atom. The zero-order chi connectivity index (χ0) is 8.27. The molecular weight excluding hydrogens is 140 g/mol. The molecule has 1 saturated heterocycles. The smallest absolute Gasteiger partial charge is 0.236 e. The van der Waals surface area contributed by atoms with Crippen LogP contribution >= 0.6 is 0 Å². The van der Waals surface area contributed by atoms with Crippen molar-refractivity contribution in [2.45, 2.75) is 38.9 Å². The molecule has 3 heteroatoms. The maximum absolute atomic E-state index is 10.0. The maximum Gasteiger partial charge on any atom is 0.236 e. The van der Waals surface area contributed by atoms with E-state index in [9.17, 15) is 4.79 Å². The van der Waals surface area contributed by atoms with Crippen molar-refractivity contribution in [1.29, 1.82) is 0 Å². The second-order valence-electron chi connectivity index (χ2n) is 3.17. The summed E-state index contributed by atoms with van der Waals surface area (Å²) in [5.41, 5.74) is 0. The van der Waals surface area contributed by atoms with Crippen LogP contribution in [-0.2, 0) is 4.79 Å². The second kappa shape index (κ2) is 3.65. The van der Waals surface area contributed by atoms with E-state index in [1.807, 2.05) is 0 Å². The average Bonchev–Trinajstić information content (AvgIpc) is 2.36. The van der Waals surface area contributed by atoms with E-state index in [2.05, 4.69) is 23.7 Å². The molecule has 1 rings (SSSR count). The first kappa shape index (κ1) is 8.44. The van der Waals surface area contributed by atoms with Crippen molar-refractivity contribution in [3.8, 4) is 0 Å². The number of hydrogen-bond donors (Lipinski definition) is 0. The Morgan fingerprint density at radius 3 is 2.91 bits per heavy atom. The molecule has 0 N–H and O–H groups in total. The fourth-order valence-electron chi connectivity index (χ4n) is 1.57. The Labute approximate surface area is 67.1 Å². The largest absolute Gasteiger partial charge is 0.279 e. The summed E-state index contributed by atoms with van der Waals surface area (Å²) in [5, 5.41) is 0. The van der Waals surface area contributed by atoms with E-state index in [-0.39, 0.29) is 6.17 Å². The molecule has 0 aromatic heterocycles. The first-order valence-corrected chi connectivity index (χ1v) is 4.08. The van der Waals surface area contributed by atoms with Gasteiger partial charge in [0.15, 0.2) is 0 Å². The minimum atomic E-state index is 0.104. The zero-order valence-corrected chi connectivity index (χ0v) is 7.08. The highest BCUT2D eigenvalue weighted by atomic mass is 16.1. The molecule has 0 aliphatic carbocycles. The van der Waals surface area contributed by atoms with Crippen LogP contribution in [0.2, 0.25) is 0 Å². The highest BCUT2D eigenvalue weighted by Crippen LogP contribution is 2.19. The van der Waals surface area contributed by atoms with Gasteiger partial charge in [0.2, 0.25) is 6.08 Å². The second-order valence-corrected chi connectivity index (χ2v) is 3.17. The molecule has 3 nitrogen and oxygen atoms in total. The van der Waals surface area contributed by atoms with Crippen molar-refractivity contribution in [2.24, 2.45) is 4.99 Å². The molecule has 0 aromatic rings. The fourth-order valence-corrected chi connectivity index (χ4v) is 1.57. The van der Waals surface area contributed by atoms with Crippen molar-refractivity contribution in [3.63, 3.8) is 0 Å². The molecule has 1 aliphatic rings. The summed E-state index contributed by atoms with van der Waals surface area (Å²) in [7, 11) is 0. The van der Waals surface area contributed by atoms with Gasteiger partial charge in [-0.15, -0.1) is 0 Å². The van der Waals surface area contributed by atoms with Crippen molar-refractivity contribution < 1.29 is 4.79 Å². The Morgan fingerprint density at radius 2 is 2.36 bits per heavy atom. The van der Waals surface area contributed by atoms with Gasteiger partial charge in [0.05, 0.1) is 0 Å². The van der Waals surface area contributed by atoms with Crippen LogP contribution in [0.25, 0.3) is 0 Å². The Kier molecular flexibility index (Phi) is 2.80. The van der Waals surface area contributed by atoms with E-state index in [0.717, 1.165) is 19.4 Å². The molecule has 1 atom stereocenters. The van der Waals surface area contributed by atoms with Crippen molar-refractivity contribution in [2.75, 3.05) is 6.54 Å². The number of nitrogens with zero attached hydrogens (tertiary/aromatic N) is 2. The summed E-state index contributed by atoms with van der Waals surface area (Å²) < 4.78 is 0.